The molecule has 0 fully saturated rings. The third-order valence-corrected chi connectivity index (χ3v) is 2.63. The highest BCUT2D eigenvalue weighted by atomic mass is 16.5. The van der Waals surface area contributed by atoms with Gasteiger partial charge in [0.2, 0.25) is 0 Å². The number of benzene rings is 1. The van der Waals surface area contributed by atoms with Gasteiger partial charge in [0, 0.05) is 17.3 Å². The molecule has 84 valence electrons. The third kappa shape index (κ3) is 2.08. The summed E-state index contributed by atoms with van der Waals surface area (Å²) in [5.41, 5.74) is 7.32. The van der Waals surface area contributed by atoms with Crippen LogP contribution in [0.5, 0.6) is 5.75 Å². The van der Waals surface area contributed by atoms with E-state index >= 15 is 0 Å². The normalized spacial score (nSPS) is 12.6. The van der Waals surface area contributed by atoms with Gasteiger partial charge in [-0.3, -0.25) is 4.98 Å². The highest BCUT2D eigenvalue weighted by Gasteiger charge is 2.06. The maximum atomic E-state index is 5.84. The molecule has 1 aromatic carbocycles. The Bertz CT molecular complexity index is 496. The molecule has 0 bridgehead atoms. The van der Waals surface area contributed by atoms with Crippen LogP contribution in [0.3, 0.4) is 0 Å². The molecule has 1 atom stereocenters. The minimum atomic E-state index is 0.211. The number of aromatic nitrogens is 1. The van der Waals surface area contributed by atoms with Crippen molar-refractivity contribution in [1.29, 1.82) is 0 Å². The molecule has 0 spiro atoms. The molecule has 0 radical (unpaired) electrons. The van der Waals surface area contributed by atoms with E-state index in [0.717, 1.165) is 28.8 Å². The Morgan fingerprint density at radius 3 is 2.94 bits per heavy atom. The topological polar surface area (TPSA) is 48.1 Å². The van der Waals surface area contributed by atoms with Crippen LogP contribution in [0.4, 0.5) is 5.69 Å². The smallest absolute Gasteiger partial charge is 0.130 e. The molecule has 2 rings (SSSR count). The first-order valence-electron chi connectivity index (χ1n) is 5.51. The Labute approximate surface area is 95.2 Å². The third-order valence-electron chi connectivity index (χ3n) is 2.63. The van der Waals surface area contributed by atoms with E-state index in [-0.39, 0.29) is 6.10 Å². The number of pyridine rings is 1. The number of hydrogen-bond donors (Lipinski definition) is 1. The summed E-state index contributed by atoms with van der Waals surface area (Å²) in [5.74, 6) is 0.874. The van der Waals surface area contributed by atoms with E-state index in [4.69, 9.17) is 10.5 Å². The van der Waals surface area contributed by atoms with E-state index in [2.05, 4.69) is 18.8 Å². The lowest BCUT2D eigenvalue weighted by molar-refractivity contribution is 0.220. The highest BCUT2D eigenvalue weighted by Crippen LogP contribution is 2.26. The standard InChI is InChI=1S/C13H16N2O/c1-3-9(2)16-13-6-7-15-12-8-10(14)4-5-11(12)13/h4-9H,3,14H2,1-2H3. The summed E-state index contributed by atoms with van der Waals surface area (Å²) >= 11 is 0. The number of nitrogen functional groups attached to an aromatic ring is 1. The predicted octanol–water partition coefficient (Wildman–Crippen LogP) is 2.99. The van der Waals surface area contributed by atoms with Gasteiger partial charge in [-0.1, -0.05) is 6.92 Å². The molecule has 0 amide bonds. The fourth-order valence-corrected chi connectivity index (χ4v) is 1.54. The van der Waals surface area contributed by atoms with Gasteiger partial charge >= 0.3 is 0 Å². The maximum absolute atomic E-state index is 5.84. The van der Waals surface area contributed by atoms with Gasteiger partial charge in [-0.2, -0.15) is 0 Å². The van der Waals surface area contributed by atoms with Crippen molar-refractivity contribution < 1.29 is 4.74 Å². The van der Waals surface area contributed by atoms with Crippen molar-refractivity contribution in [2.24, 2.45) is 0 Å². The molecule has 0 saturated heterocycles. The Morgan fingerprint density at radius 2 is 2.19 bits per heavy atom. The molecule has 1 aromatic heterocycles. The average Bonchev–Trinajstić information content (AvgIpc) is 2.28. The summed E-state index contributed by atoms with van der Waals surface area (Å²) in [7, 11) is 0. The van der Waals surface area contributed by atoms with Crippen LogP contribution in [0.2, 0.25) is 0 Å². The monoisotopic (exact) mass is 216 g/mol. The van der Waals surface area contributed by atoms with Crippen molar-refractivity contribution in [3.8, 4) is 5.75 Å². The van der Waals surface area contributed by atoms with Gasteiger partial charge in [-0.15, -0.1) is 0 Å². The maximum Gasteiger partial charge on any atom is 0.130 e. The van der Waals surface area contributed by atoms with Crippen LogP contribution in [-0.2, 0) is 0 Å². The molecule has 0 aliphatic carbocycles. The zero-order chi connectivity index (χ0) is 11.5. The summed E-state index contributed by atoms with van der Waals surface area (Å²) in [5, 5.41) is 1.01. The summed E-state index contributed by atoms with van der Waals surface area (Å²) in [6, 6.07) is 7.58. The van der Waals surface area contributed by atoms with Crippen molar-refractivity contribution in [3.63, 3.8) is 0 Å². The number of nitrogens with zero attached hydrogens (tertiary/aromatic N) is 1. The van der Waals surface area contributed by atoms with Crippen LogP contribution in [0, 0.1) is 0 Å². The van der Waals surface area contributed by atoms with E-state index in [0.29, 0.717) is 0 Å². The molecule has 1 unspecified atom stereocenters. The molecular formula is C13H16N2O. The SMILES string of the molecule is CCC(C)Oc1ccnc2cc(N)ccc12. The van der Waals surface area contributed by atoms with Crippen LogP contribution in [-0.4, -0.2) is 11.1 Å². The van der Waals surface area contributed by atoms with Gasteiger partial charge in [0.15, 0.2) is 0 Å². The first kappa shape index (κ1) is 10.7. The number of ether oxygens (including phenoxy) is 1. The van der Waals surface area contributed by atoms with Crippen molar-refractivity contribution in [3.05, 3.63) is 30.5 Å². The predicted molar refractivity (Wildman–Crippen MR) is 66.5 cm³/mol. The van der Waals surface area contributed by atoms with Crippen LogP contribution in [0.1, 0.15) is 20.3 Å². The van der Waals surface area contributed by atoms with Crippen molar-refractivity contribution in [2.75, 3.05) is 5.73 Å². The average molecular weight is 216 g/mol. The number of rotatable bonds is 3. The second-order valence-corrected chi connectivity index (χ2v) is 3.92. The molecule has 2 N–H and O–H groups in total. The molecule has 0 aliphatic rings. The minimum absolute atomic E-state index is 0.211. The Hall–Kier alpha value is -1.77. The number of fused-ring (bicyclic) bond motifs is 1. The second-order valence-electron chi connectivity index (χ2n) is 3.92. The van der Waals surface area contributed by atoms with Gasteiger partial charge in [-0.25, -0.2) is 0 Å². The van der Waals surface area contributed by atoms with E-state index in [9.17, 15) is 0 Å². The fraction of sp³-hybridized carbons (Fsp3) is 0.308. The minimum Gasteiger partial charge on any atom is -0.490 e. The number of hydrogen-bond acceptors (Lipinski definition) is 3. The summed E-state index contributed by atoms with van der Waals surface area (Å²) in [6.07, 6.45) is 2.95. The molecule has 0 aliphatic heterocycles. The lowest BCUT2D eigenvalue weighted by Gasteiger charge is -2.14. The molecule has 3 heteroatoms. The molecule has 0 saturated carbocycles. The van der Waals surface area contributed by atoms with Crippen molar-refractivity contribution in [2.45, 2.75) is 26.4 Å². The van der Waals surface area contributed by atoms with Gasteiger partial charge in [0.05, 0.1) is 11.6 Å². The zero-order valence-corrected chi connectivity index (χ0v) is 9.60. The van der Waals surface area contributed by atoms with E-state index < -0.39 is 0 Å². The van der Waals surface area contributed by atoms with E-state index in [1.54, 1.807) is 6.20 Å². The van der Waals surface area contributed by atoms with E-state index in [1.807, 2.05) is 24.3 Å². The number of nitrogens with two attached hydrogens (primary N) is 1. The van der Waals surface area contributed by atoms with Crippen molar-refractivity contribution in [1.82, 2.24) is 4.98 Å². The van der Waals surface area contributed by atoms with Gasteiger partial charge < -0.3 is 10.5 Å². The highest BCUT2D eigenvalue weighted by molar-refractivity contribution is 5.87. The van der Waals surface area contributed by atoms with Gasteiger partial charge in [0.25, 0.3) is 0 Å². The Morgan fingerprint density at radius 1 is 1.38 bits per heavy atom. The summed E-state index contributed by atoms with van der Waals surface area (Å²) < 4.78 is 5.84. The van der Waals surface area contributed by atoms with Crippen LogP contribution >= 0.6 is 0 Å². The lowest BCUT2D eigenvalue weighted by Crippen LogP contribution is -2.10. The molecule has 2 aromatic rings. The first-order valence-corrected chi connectivity index (χ1v) is 5.51. The molecule has 3 nitrogen and oxygen atoms in total. The molecule has 1 heterocycles. The quantitative estimate of drug-likeness (QED) is 0.802. The van der Waals surface area contributed by atoms with Crippen molar-refractivity contribution >= 4 is 16.6 Å². The van der Waals surface area contributed by atoms with Crippen LogP contribution < -0.4 is 10.5 Å². The first-order chi connectivity index (χ1) is 7.70. The summed E-state index contributed by atoms with van der Waals surface area (Å²) in [4.78, 5) is 4.28. The lowest BCUT2D eigenvalue weighted by atomic mass is 10.2. The fourth-order valence-electron chi connectivity index (χ4n) is 1.54. The zero-order valence-electron chi connectivity index (χ0n) is 9.60. The summed E-state index contributed by atoms with van der Waals surface area (Å²) in [6.45, 7) is 4.16. The largest absolute Gasteiger partial charge is 0.490 e. The molecule has 16 heavy (non-hydrogen) atoms. The van der Waals surface area contributed by atoms with Gasteiger partial charge in [0.1, 0.15) is 5.75 Å². The van der Waals surface area contributed by atoms with Crippen LogP contribution in [0.15, 0.2) is 30.5 Å². The Kier molecular flexibility index (Phi) is 2.95. The van der Waals surface area contributed by atoms with E-state index in [1.165, 1.54) is 0 Å². The number of anilines is 1. The Balaban J connectivity index is 2.45. The second kappa shape index (κ2) is 4.39. The van der Waals surface area contributed by atoms with Crippen LogP contribution in [0.25, 0.3) is 10.9 Å². The molecular weight excluding hydrogens is 200 g/mol. The van der Waals surface area contributed by atoms with Gasteiger partial charge in [-0.05, 0) is 37.6 Å².